The standard InChI is InChI=1S/C22H27N7O3/c1-23-19-11-18(27-20-16(12-24-29(19)20)21(30)25-14-7-8-14)26-17-6-4-9-28(22(17)31)13-15-5-2-3-10-32-15/h4,6,9,11-12,14-15,23H,2-3,5,7-8,10,13H2,1H3,(H,25,30)(H,26,27)/t15-/m0/s1. The van der Waals surface area contributed by atoms with E-state index in [0.717, 1.165) is 38.7 Å². The van der Waals surface area contributed by atoms with Crippen molar-refractivity contribution in [2.75, 3.05) is 24.3 Å². The Morgan fingerprint density at radius 2 is 2.16 bits per heavy atom. The fourth-order valence-electron chi connectivity index (χ4n) is 3.94. The van der Waals surface area contributed by atoms with Crippen LogP contribution in [0.1, 0.15) is 42.5 Å². The van der Waals surface area contributed by atoms with Gasteiger partial charge in [0, 0.05) is 32.0 Å². The second-order valence-electron chi connectivity index (χ2n) is 8.31. The van der Waals surface area contributed by atoms with Crippen LogP contribution in [0.2, 0.25) is 0 Å². The monoisotopic (exact) mass is 437 g/mol. The van der Waals surface area contributed by atoms with E-state index in [0.29, 0.717) is 35.1 Å². The summed E-state index contributed by atoms with van der Waals surface area (Å²) in [6.07, 6.45) is 8.50. The molecule has 32 heavy (non-hydrogen) atoms. The molecular weight excluding hydrogens is 410 g/mol. The van der Waals surface area contributed by atoms with E-state index < -0.39 is 0 Å². The molecule has 1 amide bonds. The Morgan fingerprint density at radius 1 is 1.28 bits per heavy atom. The maximum atomic E-state index is 13.0. The summed E-state index contributed by atoms with van der Waals surface area (Å²) >= 11 is 0. The zero-order valence-electron chi connectivity index (χ0n) is 18.0. The summed E-state index contributed by atoms with van der Waals surface area (Å²) in [5, 5.41) is 13.5. The lowest BCUT2D eigenvalue weighted by Gasteiger charge is -2.23. The van der Waals surface area contributed by atoms with Gasteiger partial charge in [-0.3, -0.25) is 9.59 Å². The number of aromatic nitrogens is 4. The molecule has 168 valence electrons. The number of nitrogens with zero attached hydrogens (tertiary/aromatic N) is 4. The highest BCUT2D eigenvalue weighted by Crippen LogP contribution is 2.23. The molecule has 10 nitrogen and oxygen atoms in total. The van der Waals surface area contributed by atoms with Crippen molar-refractivity contribution in [3.8, 4) is 0 Å². The highest BCUT2D eigenvalue weighted by molar-refractivity contribution is 6.00. The number of carbonyl (C=O) groups is 1. The van der Waals surface area contributed by atoms with Crippen LogP contribution in [0.15, 0.2) is 35.4 Å². The van der Waals surface area contributed by atoms with Crippen molar-refractivity contribution in [3.05, 3.63) is 46.5 Å². The maximum Gasteiger partial charge on any atom is 0.274 e. The van der Waals surface area contributed by atoms with E-state index in [2.05, 4.69) is 26.0 Å². The quantitative estimate of drug-likeness (QED) is 0.519. The van der Waals surface area contributed by atoms with E-state index in [1.165, 1.54) is 6.20 Å². The molecule has 1 aliphatic carbocycles. The van der Waals surface area contributed by atoms with Crippen molar-refractivity contribution in [1.82, 2.24) is 24.5 Å². The molecule has 0 spiro atoms. The number of ether oxygens (including phenoxy) is 1. The molecule has 2 aliphatic rings. The third-order valence-electron chi connectivity index (χ3n) is 5.84. The Balaban J connectivity index is 1.44. The van der Waals surface area contributed by atoms with Gasteiger partial charge in [-0.25, -0.2) is 4.98 Å². The smallest absolute Gasteiger partial charge is 0.274 e. The number of hydrogen-bond donors (Lipinski definition) is 3. The first-order valence-corrected chi connectivity index (χ1v) is 11.1. The minimum Gasteiger partial charge on any atom is -0.376 e. The zero-order valence-corrected chi connectivity index (χ0v) is 18.0. The van der Waals surface area contributed by atoms with Crippen molar-refractivity contribution < 1.29 is 9.53 Å². The van der Waals surface area contributed by atoms with Crippen LogP contribution in [-0.4, -0.2) is 50.9 Å². The second-order valence-corrected chi connectivity index (χ2v) is 8.31. The highest BCUT2D eigenvalue weighted by atomic mass is 16.5. The molecule has 3 aromatic rings. The summed E-state index contributed by atoms with van der Waals surface area (Å²) in [5.74, 6) is 0.908. The molecule has 1 saturated carbocycles. The number of rotatable bonds is 7. The van der Waals surface area contributed by atoms with Crippen molar-refractivity contribution in [2.45, 2.75) is 50.8 Å². The van der Waals surface area contributed by atoms with Gasteiger partial charge in [0.15, 0.2) is 5.65 Å². The maximum absolute atomic E-state index is 13.0. The first-order valence-electron chi connectivity index (χ1n) is 11.1. The molecule has 3 N–H and O–H groups in total. The summed E-state index contributed by atoms with van der Waals surface area (Å²) in [5.41, 5.74) is 1.08. The van der Waals surface area contributed by atoms with Gasteiger partial charge in [0.1, 0.15) is 22.9 Å². The Bertz CT molecular complexity index is 1190. The lowest BCUT2D eigenvalue weighted by atomic mass is 10.1. The molecule has 4 heterocycles. The minimum absolute atomic E-state index is 0.0569. The Labute approximate surface area is 185 Å². The summed E-state index contributed by atoms with van der Waals surface area (Å²) in [7, 11) is 1.77. The van der Waals surface area contributed by atoms with Crippen LogP contribution in [0.3, 0.4) is 0 Å². The lowest BCUT2D eigenvalue weighted by molar-refractivity contribution is 0.00546. The van der Waals surface area contributed by atoms with Gasteiger partial charge in [0.2, 0.25) is 0 Å². The van der Waals surface area contributed by atoms with E-state index in [1.54, 1.807) is 34.5 Å². The summed E-state index contributed by atoms with van der Waals surface area (Å²) < 4.78 is 9.03. The topological polar surface area (TPSA) is 115 Å². The molecular formula is C22H27N7O3. The van der Waals surface area contributed by atoms with Gasteiger partial charge in [-0.15, -0.1) is 0 Å². The predicted octanol–water partition coefficient (Wildman–Crippen LogP) is 2.14. The number of fused-ring (bicyclic) bond motifs is 1. The molecule has 1 saturated heterocycles. The number of amides is 1. The average Bonchev–Trinajstić information content (AvgIpc) is 3.51. The third-order valence-corrected chi connectivity index (χ3v) is 5.84. The largest absolute Gasteiger partial charge is 0.376 e. The number of anilines is 3. The van der Waals surface area contributed by atoms with Gasteiger partial charge in [0.05, 0.1) is 18.8 Å². The van der Waals surface area contributed by atoms with Gasteiger partial charge in [0.25, 0.3) is 11.5 Å². The third kappa shape index (κ3) is 4.18. The second kappa shape index (κ2) is 8.62. The van der Waals surface area contributed by atoms with E-state index in [-0.39, 0.29) is 23.6 Å². The summed E-state index contributed by atoms with van der Waals surface area (Å²) in [6, 6.07) is 5.54. The number of hydrogen-bond acceptors (Lipinski definition) is 7. The van der Waals surface area contributed by atoms with Crippen molar-refractivity contribution in [2.24, 2.45) is 0 Å². The SMILES string of the molecule is CNc1cc(Nc2cccn(C[C@@H]3CCCCO3)c2=O)nc2c(C(=O)NC3CC3)cnn12. The van der Waals surface area contributed by atoms with Crippen LogP contribution in [0.4, 0.5) is 17.3 Å². The Morgan fingerprint density at radius 3 is 2.91 bits per heavy atom. The molecule has 1 aliphatic heterocycles. The van der Waals surface area contributed by atoms with Crippen LogP contribution in [0.5, 0.6) is 0 Å². The van der Waals surface area contributed by atoms with Gasteiger partial charge < -0.3 is 25.3 Å². The molecule has 0 radical (unpaired) electrons. The molecule has 10 heteroatoms. The fourth-order valence-corrected chi connectivity index (χ4v) is 3.94. The molecule has 3 aromatic heterocycles. The van der Waals surface area contributed by atoms with Gasteiger partial charge in [-0.1, -0.05) is 0 Å². The fraction of sp³-hybridized carbons (Fsp3) is 0.455. The van der Waals surface area contributed by atoms with E-state index >= 15 is 0 Å². The van der Waals surface area contributed by atoms with Crippen molar-refractivity contribution in [1.29, 1.82) is 0 Å². The highest BCUT2D eigenvalue weighted by Gasteiger charge is 2.26. The molecule has 0 aromatic carbocycles. The number of carbonyl (C=O) groups excluding carboxylic acids is 1. The molecule has 0 bridgehead atoms. The van der Waals surface area contributed by atoms with Crippen LogP contribution in [0, 0.1) is 0 Å². The van der Waals surface area contributed by atoms with E-state index in [1.807, 2.05) is 6.07 Å². The molecule has 2 fully saturated rings. The van der Waals surface area contributed by atoms with Crippen molar-refractivity contribution in [3.63, 3.8) is 0 Å². The normalized spacial score (nSPS) is 18.5. The Hall–Kier alpha value is -3.40. The molecule has 1 atom stereocenters. The van der Waals surface area contributed by atoms with Crippen LogP contribution >= 0.6 is 0 Å². The minimum atomic E-state index is -0.191. The lowest BCUT2D eigenvalue weighted by Crippen LogP contribution is -2.31. The van der Waals surface area contributed by atoms with Crippen LogP contribution in [-0.2, 0) is 11.3 Å². The van der Waals surface area contributed by atoms with Crippen LogP contribution < -0.4 is 21.5 Å². The van der Waals surface area contributed by atoms with Crippen LogP contribution in [0.25, 0.3) is 5.65 Å². The van der Waals surface area contributed by atoms with E-state index in [4.69, 9.17) is 4.74 Å². The predicted molar refractivity (Wildman–Crippen MR) is 121 cm³/mol. The zero-order chi connectivity index (χ0) is 22.1. The van der Waals surface area contributed by atoms with E-state index in [9.17, 15) is 9.59 Å². The first-order chi connectivity index (χ1) is 15.6. The Kier molecular flexibility index (Phi) is 5.52. The van der Waals surface area contributed by atoms with Crippen molar-refractivity contribution >= 4 is 28.9 Å². The average molecular weight is 438 g/mol. The summed E-state index contributed by atoms with van der Waals surface area (Å²) in [4.78, 5) is 30.2. The molecule has 5 rings (SSSR count). The number of pyridine rings is 1. The molecule has 0 unspecified atom stereocenters. The van der Waals surface area contributed by atoms with Gasteiger partial charge >= 0.3 is 0 Å². The van der Waals surface area contributed by atoms with Gasteiger partial charge in [-0.2, -0.15) is 9.61 Å². The first kappa shape index (κ1) is 20.5. The number of nitrogens with one attached hydrogen (secondary N) is 3. The van der Waals surface area contributed by atoms with Gasteiger partial charge in [-0.05, 0) is 44.2 Å². The summed E-state index contributed by atoms with van der Waals surface area (Å²) in [6.45, 7) is 1.27.